The predicted octanol–water partition coefficient (Wildman–Crippen LogP) is 2.31. The minimum absolute atomic E-state index is 0.209. The second kappa shape index (κ2) is 5.99. The van der Waals surface area contributed by atoms with E-state index in [2.05, 4.69) is 0 Å². The van der Waals surface area contributed by atoms with Crippen LogP contribution in [0.5, 0.6) is 0 Å². The van der Waals surface area contributed by atoms with E-state index in [4.69, 9.17) is 5.11 Å². The van der Waals surface area contributed by atoms with E-state index in [9.17, 15) is 22.0 Å². The van der Waals surface area contributed by atoms with Crippen LogP contribution in [-0.2, 0) is 16.6 Å². The number of benzene rings is 1. The molecule has 0 aliphatic carbocycles. The monoisotopic (exact) mass is 344 g/mol. The van der Waals surface area contributed by atoms with Crippen LogP contribution in [-0.4, -0.2) is 31.1 Å². The standard InChI is InChI=1S/C14H14F2N2O4S/c1-3-18-8-10(7-13(18)14(19)20)23(21,22)17(2)12-6-9(15)4-5-11(12)16/h4-8H,3H2,1-2H3,(H,19,20). The van der Waals surface area contributed by atoms with Gasteiger partial charge >= 0.3 is 5.97 Å². The van der Waals surface area contributed by atoms with Gasteiger partial charge in [0.25, 0.3) is 10.0 Å². The molecule has 0 spiro atoms. The van der Waals surface area contributed by atoms with Crippen molar-refractivity contribution in [1.29, 1.82) is 0 Å². The van der Waals surface area contributed by atoms with Crippen LogP contribution in [0.4, 0.5) is 14.5 Å². The molecule has 1 aromatic heterocycles. The molecular formula is C14H14F2N2O4S. The second-order valence-corrected chi connectivity index (χ2v) is 6.69. The van der Waals surface area contributed by atoms with Crippen LogP contribution in [0, 0.1) is 11.6 Å². The zero-order valence-corrected chi connectivity index (χ0v) is 13.1. The van der Waals surface area contributed by atoms with E-state index < -0.39 is 33.3 Å². The second-order valence-electron chi connectivity index (χ2n) is 4.72. The topological polar surface area (TPSA) is 79.6 Å². The Morgan fingerprint density at radius 3 is 2.48 bits per heavy atom. The number of rotatable bonds is 5. The van der Waals surface area contributed by atoms with Crippen LogP contribution < -0.4 is 4.31 Å². The van der Waals surface area contributed by atoms with Crippen molar-refractivity contribution >= 4 is 21.7 Å². The molecule has 124 valence electrons. The number of carboxylic acids is 1. The van der Waals surface area contributed by atoms with E-state index in [0.29, 0.717) is 4.31 Å². The van der Waals surface area contributed by atoms with Gasteiger partial charge in [-0.2, -0.15) is 0 Å². The summed E-state index contributed by atoms with van der Waals surface area (Å²) in [5.74, 6) is -2.99. The van der Waals surface area contributed by atoms with E-state index in [1.54, 1.807) is 6.92 Å². The smallest absolute Gasteiger partial charge is 0.352 e. The number of carboxylic acid groups (broad SMARTS) is 1. The highest BCUT2D eigenvalue weighted by molar-refractivity contribution is 7.92. The molecule has 6 nitrogen and oxygen atoms in total. The molecule has 23 heavy (non-hydrogen) atoms. The molecule has 0 amide bonds. The van der Waals surface area contributed by atoms with Crippen molar-refractivity contribution < 1.29 is 27.1 Å². The molecular weight excluding hydrogens is 330 g/mol. The minimum Gasteiger partial charge on any atom is -0.477 e. The highest BCUT2D eigenvalue weighted by Crippen LogP contribution is 2.26. The summed E-state index contributed by atoms with van der Waals surface area (Å²) in [7, 11) is -3.17. The summed E-state index contributed by atoms with van der Waals surface area (Å²) in [5, 5.41) is 9.07. The van der Waals surface area contributed by atoms with Crippen molar-refractivity contribution in [2.45, 2.75) is 18.4 Å². The largest absolute Gasteiger partial charge is 0.477 e. The molecule has 0 atom stereocenters. The first-order chi connectivity index (χ1) is 10.7. The predicted molar refractivity (Wildman–Crippen MR) is 79.0 cm³/mol. The van der Waals surface area contributed by atoms with Gasteiger partial charge in [-0.25, -0.2) is 22.0 Å². The third kappa shape index (κ3) is 3.04. The van der Waals surface area contributed by atoms with Gasteiger partial charge in [0.15, 0.2) is 0 Å². The van der Waals surface area contributed by atoms with Gasteiger partial charge in [0, 0.05) is 25.9 Å². The molecule has 0 fully saturated rings. The van der Waals surface area contributed by atoms with Crippen molar-refractivity contribution in [2.24, 2.45) is 0 Å². The Balaban J connectivity index is 2.53. The van der Waals surface area contributed by atoms with Crippen LogP contribution in [0.3, 0.4) is 0 Å². The lowest BCUT2D eigenvalue weighted by atomic mass is 10.3. The Kier molecular flexibility index (Phi) is 4.42. The molecule has 0 aliphatic rings. The van der Waals surface area contributed by atoms with Gasteiger partial charge in [0.1, 0.15) is 22.2 Å². The molecule has 9 heteroatoms. The van der Waals surface area contributed by atoms with Gasteiger partial charge in [0.2, 0.25) is 0 Å². The van der Waals surface area contributed by atoms with Crippen LogP contribution in [0.2, 0.25) is 0 Å². The molecule has 0 saturated heterocycles. The summed E-state index contributed by atoms with van der Waals surface area (Å²) in [5.41, 5.74) is -0.676. The number of nitrogens with zero attached hydrogens (tertiary/aromatic N) is 2. The Morgan fingerprint density at radius 2 is 1.96 bits per heavy atom. The number of aryl methyl sites for hydroxylation is 1. The number of carbonyl (C=O) groups is 1. The quantitative estimate of drug-likeness (QED) is 0.903. The summed E-state index contributed by atoms with van der Waals surface area (Å²) < 4.78 is 53.9. The van der Waals surface area contributed by atoms with Crippen molar-refractivity contribution in [3.8, 4) is 0 Å². The van der Waals surface area contributed by atoms with Crippen molar-refractivity contribution in [3.05, 3.63) is 47.8 Å². The highest BCUT2D eigenvalue weighted by Gasteiger charge is 2.27. The normalized spacial score (nSPS) is 11.5. The summed E-state index contributed by atoms with van der Waals surface area (Å²) in [4.78, 5) is 10.8. The Hall–Kier alpha value is -2.42. The van der Waals surface area contributed by atoms with Crippen molar-refractivity contribution in [1.82, 2.24) is 4.57 Å². The van der Waals surface area contributed by atoms with Crippen LogP contribution >= 0.6 is 0 Å². The maximum atomic E-state index is 13.8. The zero-order chi connectivity index (χ0) is 17.4. The molecule has 0 aliphatic heterocycles. The number of hydrogen-bond acceptors (Lipinski definition) is 3. The van der Waals surface area contributed by atoms with E-state index in [-0.39, 0.29) is 17.1 Å². The number of anilines is 1. The van der Waals surface area contributed by atoms with Crippen LogP contribution in [0.25, 0.3) is 0 Å². The van der Waals surface area contributed by atoms with Crippen molar-refractivity contribution in [2.75, 3.05) is 11.4 Å². The Labute approximate surface area is 131 Å². The highest BCUT2D eigenvalue weighted by atomic mass is 32.2. The SMILES string of the molecule is CCn1cc(S(=O)(=O)N(C)c2cc(F)ccc2F)cc1C(=O)O. The summed E-state index contributed by atoms with van der Waals surface area (Å²) in [6.07, 6.45) is 1.15. The lowest BCUT2D eigenvalue weighted by Gasteiger charge is -2.19. The molecule has 0 bridgehead atoms. The molecule has 1 heterocycles. The lowest BCUT2D eigenvalue weighted by Crippen LogP contribution is -2.27. The van der Waals surface area contributed by atoms with Gasteiger partial charge in [0.05, 0.1) is 5.69 Å². The fourth-order valence-electron chi connectivity index (χ4n) is 2.08. The molecule has 1 N–H and O–H groups in total. The molecule has 2 aromatic rings. The first-order valence-corrected chi connectivity index (χ1v) is 8.00. The molecule has 1 aromatic carbocycles. The Bertz CT molecular complexity index is 862. The van der Waals surface area contributed by atoms with E-state index >= 15 is 0 Å². The van der Waals surface area contributed by atoms with Gasteiger partial charge in [-0.05, 0) is 25.1 Å². The molecule has 0 radical (unpaired) electrons. The van der Waals surface area contributed by atoms with Gasteiger partial charge in [-0.1, -0.05) is 0 Å². The number of aromatic carboxylic acids is 1. The maximum absolute atomic E-state index is 13.8. The number of sulfonamides is 1. The van der Waals surface area contributed by atoms with Crippen molar-refractivity contribution in [3.63, 3.8) is 0 Å². The van der Waals surface area contributed by atoms with Crippen LogP contribution in [0.1, 0.15) is 17.4 Å². The lowest BCUT2D eigenvalue weighted by molar-refractivity contribution is 0.0685. The molecule has 0 saturated carbocycles. The zero-order valence-electron chi connectivity index (χ0n) is 12.3. The number of hydrogen-bond donors (Lipinski definition) is 1. The minimum atomic E-state index is -4.23. The molecule has 0 unspecified atom stereocenters. The van der Waals surface area contributed by atoms with E-state index in [1.807, 2.05) is 0 Å². The average Bonchev–Trinajstić information content (AvgIpc) is 2.94. The summed E-state index contributed by atoms with van der Waals surface area (Å²) in [6.45, 7) is 1.90. The van der Waals surface area contributed by atoms with Gasteiger partial charge in [-0.3, -0.25) is 4.31 Å². The Morgan fingerprint density at radius 1 is 1.30 bits per heavy atom. The number of aromatic nitrogens is 1. The fraction of sp³-hybridized carbons (Fsp3) is 0.214. The first kappa shape index (κ1) is 16.9. The van der Waals surface area contributed by atoms with Crippen LogP contribution in [0.15, 0.2) is 35.4 Å². The summed E-state index contributed by atoms with van der Waals surface area (Å²) in [6, 6.07) is 3.42. The average molecular weight is 344 g/mol. The maximum Gasteiger partial charge on any atom is 0.352 e. The third-order valence-electron chi connectivity index (χ3n) is 3.34. The fourth-order valence-corrected chi connectivity index (χ4v) is 3.32. The first-order valence-electron chi connectivity index (χ1n) is 6.56. The summed E-state index contributed by atoms with van der Waals surface area (Å²) >= 11 is 0. The van der Waals surface area contributed by atoms with Gasteiger partial charge < -0.3 is 9.67 Å². The van der Waals surface area contributed by atoms with E-state index in [1.165, 1.54) is 4.57 Å². The number of halogens is 2. The van der Waals surface area contributed by atoms with Gasteiger partial charge in [-0.15, -0.1) is 0 Å². The van der Waals surface area contributed by atoms with E-state index in [0.717, 1.165) is 37.5 Å². The third-order valence-corrected chi connectivity index (χ3v) is 5.07. The molecule has 2 rings (SSSR count).